The summed E-state index contributed by atoms with van der Waals surface area (Å²) in [5.41, 5.74) is -0.0698. The first-order valence-electron chi connectivity index (χ1n) is 6.21. The molecule has 0 radical (unpaired) electrons. The number of aldehydes is 1. The van der Waals surface area contributed by atoms with Crippen molar-refractivity contribution in [3.63, 3.8) is 0 Å². The van der Waals surface area contributed by atoms with Crippen LogP contribution in [-0.4, -0.2) is 61.2 Å². The van der Waals surface area contributed by atoms with Crippen molar-refractivity contribution in [1.82, 2.24) is 19.2 Å². The Morgan fingerprint density at radius 2 is 1.89 bits per heavy atom. The summed E-state index contributed by atoms with van der Waals surface area (Å²) < 4.78 is 4.06. The van der Waals surface area contributed by atoms with E-state index >= 15 is 0 Å². The summed E-state index contributed by atoms with van der Waals surface area (Å²) in [5.74, 6) is 0. The molecular formula is C12H26N4O2S. The van der Waals surface area contributed by atoms with Crippen molar-refractivity contribution in [3.8, 4) is 0 Å². The molecule has 1 unspecified atom stereocenters. The van der Waals surface area contributed by atoms with Gasteiger partial charge < -0.3 is 15.4 Å². The zero-order valence-corrected chi connectivity index (χ0v) is 13.5. The minimum atomic E-state index is -0.310. The lowest BCUT2D eigenvalue weighted by atomic mass is 9.87. The number of likely N-dealkylation sites (N-methyl/N-ethyl adjacent to an activating group) is 1. The SMILES string of the molecule is CN(C)SN(C)CC(NC(=O)NCC=O)C(C)(C)C. The molecule has 0 aromatic heterocycles. The van der Waals surface area contributed by atoms with Crippen molar-refractivity contribution in [1.29, 1.82) is 0 Å². The fourth-order valence-electron chi connectivity index (χ4n) is 1.45. The maximum Gasteiger partial charge on any atom is 0.315 e. The quantitative estimate of drug-likeness (QED) is 0.540. The third kappa shape index (κ3) is 8.85. The van der Waals surface area contributed by atoms with Crippen LogP contribution in [0.3, 0.4) is 0 Å². The third-order valence-corrected chi connectivity index (χ3v) is 3.19. The monoisotopic (exact) mass is 290 g/mol. The van der Waals surface area contributed by atoms with E-state index in [1.165, 1.54) is 0 Å². The Morgan fingerprint density at radius 3 is 2.32 bits per heavy atom. The molecule has 0 aromatic rings. The van der Waals surface area contributed by atoms with Gasteiger partial charge in [0, 0.05) is 24.7 Å². The maximum atomic E-state index is 11.6. The normalized spacial score (nSPS) is 13.5. The summed E-state index contributed by atoms with van der Waals surface area (Å²) in [6, 6.07) is -0.327. The average Bonchev–Trinajstić information content (AvgIpc) is 2.23. The lowest BCUT2D eigenvalue weighted by Crippen LogP contribution is -2.52. The van der Waals surface area contributed by atoms with Gasteiger partial charge in [0.2, 0.25) is 0 Å². The largest absolute Gasteiger partial charge is 0.334 e. The van der Waals surface area contributed by atoms with Crippen molar-refractivity contribution in [2.45, 2.75) is 26.8 Å². The molecule has 0 bridgehead atoms. The Bertz CT molecular complexity index is 292. The van der Waals surface area contributed by atoms with Crippen molar-refractivity contribution in [3.05, 3.63) is 0 Å². The van der Waals surface area contributed by atoms with Crippen LogP contribution in [0.15, 0.2) is 0 Å². The molecule has 19 heavy (non-hydrogen) atoms. The molecule has 0 saturated carbocycles. The highest BCUT2D eigenvalue weighted by Gasteiger charge is 2.27. The molecule has 0 heterocycles. The summed E-state index contributed by atoms with van der Waals surface area (Å²) in [6.07, 6.45) is 0.666. The molecule has 2 N–H and O–H groups in total. The van der Waals surface area contributed by atoms with E-state index in [1.54, 1.807) is 12.1 Å². The van der Waals surface area contributed by atoms with Crippen molar-refractivity contribution >= 4 is 24.5 Å². The standard InChI is InChI=1S/C12H26N4O2S/c1-12(2,3)10(9-16(6)19-15(4)5)14-11(18)13-7-8-17/h8,10H,7,9H2,1-6H3,(H2,13,14,18). The lowest BCUT2D eigenvalue weighted by Gasteiger charge is -2.34. The second-order valence-corrected chi connectivity index (χ2v) is 7.16. The van der Waals surface area contributed by atoms with Crippen molar-refractivity contribution < 1.29 is 9.59 Å². The van der Waals surface area contributed by atoms with E-state index in [4.69, 9.17) is 0 Å². The fraction of sp³-hybridized carbons (Fsp3) is 0.833. The van der Waals surface area contributed by atoms with E-state index in [9.17, 15) is 9.59 Å². The molecule has 0 saturated heterocycles. The highest BCUT2D eigenvalue weighted by atomic mass is 32.2. The Morgan fingerprint density at radius 1 is 1.32 bits per heavy atom. The minimum Gasteiger partial charge on any atom is -0.334 e. The van der Waals surface area contributed by atoms with Crippen LogP contribution >= 0.6 is 12.1 Å². The molecule has 0 aromatic carbocycles. The van der Waals surface area contributed by atoms with Crippen molar-refractivity contribution in [2.24, 2.45) is 5.41 Å². The molecule has 0 aliphatic carbocycles. The molecule has 2 amide bonds. The highest BCUT2D eigenvalue weighted by Crippen LogP contribution is 2.22. The summed E-state index contributed by atoms with van der Waals surface area (Å²) in [4.78, 5) is 21.9. The predicted octanol–water partition coefficient (Wildman–Crippen LogP) is 0.956. The van der Waals surface area contributed by atoms with Gasteiger partial charge in [-0.3, -0.25) is 0 Å². The molecule has 1 atom stereocenters. The first kappa shape index (κ1) is 18.2. The summed E-state index contributed by atoms with van der Waals surface area (Å²) >= 11 is 1.58. The van der Waals surface area contributed by atoms with Crippen LogP contribution in [0.4, 0.5) is 4.79 Å². The molecular weight excluding hydrogens is 264 g/mol. The van der Waals surface area contributed by atoms with Gasteiger partial charge in [-0.05, 0) is 26.6 Å². The van der Waals surface area contributed by atoms with Crippen molar-refractivity contribution in [2.75, 3.05) is 34.2 Å². The van der Waals surface area contributed by atoms with Gasteiger partial charge in [0.15, 0.2) is 0 Å². The number of rotatable bonds is 7. The number of urea groups is 1. The van der Waals surface area contributed by atoms with Crippen LogP contribution in [-0.2, 0) is 4.79 Å². The molecule has 0 fully saturated rings. The molecule has 112 valence electrons. The lowest BCUT2D eigenvalue weighted by molar-refractivity contribution is -0.107. The van der Waals surface area contributed by atoms with Gasteiger partial charge in [-0.15, -0.1) is 0 Å². The zero-order chi connectivity index (χ0) is 15.1. The zero-order valence-electron chi connectivity index (χ0n) is 12.7. The molecule has 6 nitrogen and oxygen atoms in total. The van der Waals surface area contributed by atoms with E-state index in [0.29, 0.717) is 12.8 Å². The van der Waals surface area contributed by atoms with Gasteiger partial charge in [-0.25, -0.2) is 13.4 Å². The highest BCUT2D eigenvalue weighted by molar-refractivity contribution is 7.94. The average molecular weight is 290 g/mol. The minimum absolute atomic E-state index is 0.0170. The molecule has 0 aliphatic heterocycles. The summed E-state index contributed by atoms with van der Waals surface area (Å²) in [6.45, 7) is 6.97. The first-order chi connectivity index (χ1) is 8.66. The topological polar surface area (TPSA) is 64.7 Å². The molecule has 0 aliphatic rings. The Balaban J connectivity index is 4.48. The fourth-order valence-corrected chi connectivity index (χ4v) is 2.22. The van der Waals surface area contributed by atoms with Gasteiger partial charge in [0.25, 0.3) is 0 Å². The van der Waals surface area contributed by atoms with E-state index in [-0.39, 0.29) is 24.0 Å². The number of hydrogen-bond donors (Lipinski definition) is 2. The number of carbonyl (C=O) groups is 2. The van der Waals surface area contributed by atoms with Crippen LogP contribution in [0.2, 0.25) is 0 Å². The smallest absolute Gasteiger partial charge is 0.315 e. The molecule has 0 rings (SSSR count). The maximum absolute atomic E-state index is 11.6. The number of carbonyl (C=O) groups excluding carboxylic acids is 2. The van der Waals surface area contributed by atoms with E-state index < -0.39 is 0 Å². The van der Waals surface area contributed by atoms with Gasteiger partial charge in [-0.1, -0.05) is 20.8 Å². The van der Waals surface area contributed by atoms with Crippen LogP contribution < -0.4 is 10.6 Å². The van der Waals surface area contributed by atoms with Gasteiger partial charge >= 0.3 is 6.03 Å². The number of amides is 2. The van der Waals surface area contributed by atoms with Gasteiger partial charge in [0.05, 0.1) is 6.54 Å². The van der Waals surface area contributed by atoms with Crippen LogP contribution in [0, 0.1) is 5.41 Å². The molecule has 0 spiro atoms. The number of hydrogen-bond acceptors (Lipinski definition) is 5. The van der Waals surface area contributed by atoms with Crippen LogP contribution in [0.5, 0.6) is 0 Å². The second kappa shape index (κ2) is 8.39. The van der Waals surface area contributed by atoms with Gasteiger partial charge in [0.1, 0.15) is 6.29 Å². The Labute approximate surface area is 120 Å². The molecule has 7 heteroatoms. The Hall–Kier alpha value is -0.790. The Kier molecular flexibility index (Phi) is 8.05. The van der Waals surface area contributed by atoms with E-state index in [1.807, 2.05) is 25.4 Å². The summed E-state index contributed by atoms with van der Waals surface area (Å²) in [7, 11) is 5.92. The number of nitrogens with one attached hydrogen (secondary N) is 2. The van der Waals surface area contributed by atoms with E-state index in [0.717, 1.165) is 0 Å². The third-order valence-electron chi connectivity index (χ3n) is 2.44. The van der Waals surface area contributed by atoms with E-state index in [2.05, 4.69) is 35.7 Å². The van der Waals surface area contributed by atoms with Gasteiger partial charge in [-0.2, -0.15) is 0 Å². The number of nitrogens with zero attached hydrogens (tertiary/aromatic N) is 2. The predicted molar refractivity (Wildman–Crippen MR) is 79.7 cm³/mol. The summed E-state index contributed by atoms with van der Waals surface area (Å²) in [5, 5.41) is 5.41. The second-order valence-electron chi connectivity index (χ2n) is 5.64. The first-order valence-corrected chi connectivity index (χ1v) is 6.94. The van der Waals surface area contributed by atoms with Crippen LogP contribution in [0.25, 0.3) is 0 Å². The van der Waals surface area contributed by atoms with Crippen LogP contribution in [0.1, 0.15) is 20.8 Å².